The summed E-state index contributed by atoms with van der Waals surface area (Å²) < 4.78 is 11.0. The molecule has 108 valence electrons. The molecule has 0 bridgehead atoms. The molecule has 0 aromatic heterocycles. The van der Waals surface area contributed by atoms with Gasteiger partial charge in [-0.3, -0.25) is 0 Å². The minimum absolute atomic E-state index is 0.186. The molecule has 0 fully saturated rings. The predicted octanol–water partition coefficient (Wildman–Crippen LogP) is 3.25. The smallest absolute Gasteiger partial charge is 0.105 e. The first-order valence-electron chi connectivity index (χ1n) is 6.77. The minimum Gasteiger partial charge on any atom is -0.386 e. The van der Waals surface area contributed by atoms with Crippen molar-refractivity contribution in [1.29, 1.82) is 0 Å². The van der Waals surface area contributed by atoms with Crippen molar-refractivity contribution in [1.82, 2.24) is 0 Å². The number of aliphatic hydroxyl groups is 1. The summed E-state index contributed by atoms with van der Waals surface area (Å²) in [5.74, 6) is 0. The molecule has 1 aromatic carbocycles. The van der Waals surface area contributed by atoms with Gasteiger partial charge in [0.25, 0.3) is 0 Å². The van der Waals surface area contributed by atoms with E-state index in [4.69, 9.17) is 9.47 Å². The van der Waals surface area contributed by atoms with Crippen LogP contribution >= 0.6 is 0 Å². The number of hydrogen-bond acceptors (Lipinski definition) is 3. The lowest BCUT2D eigenvalue weighted by molar-refractivity contribution is -0.0581. The zero-order valence-electron chi connectivity index (χ0n) is 12.6. The van der Waals surface area contributed by atoms with Crippen molar-refractivity contribution in [2.75, 3.05) is 13.7 Å². The van der Waals surface area contributed by atoms with Gasteiger partial charge in [-0.15, -0.1) is 0 Å². The van der Waals surface area contributed by atoms with Gasteiger partial charge in [-0.05, 0) is 39.7 Å². The lowest BCUT2D eigenvalue weighted by Gasteiger charge is -2.25. The predicted molar refractivity (Wildman–Crippen MR) is 77.3 cm³/mol. The van der Waals surface area contributed by atoms with E-state index in [-0.39, 0.29) is 11.7 Å². The maximum Gasteiger partial charge on any atom is 0.105 e. The summed E-state index contributed by atoms with van der Waals surface area (Å²) in [7, 11) is 1.70. The van der Waals surface area contributed by atoms with E-state index >= 15 is 0 Å². The molecule has 0 aliphatic heterocycles. The van der Waals surface area contributed by atoms with Gasteiger partial charge in [0, 0.05) is 13.7 Å². The summed E-state index contributed by atoms with van der Waals surface area (Å²) in [6.07, 6.45) is -0.0179. The highest BCUT2D eigenvalue weighted by atomic mass is 16.5. The van der Waals surface area contributed by atoms with Gasteiger partial charge in [0.15, 0.2) is 0 Å². The molecule has 3 heteroatoms. The molecule has 2 atom stereocenters. The van der Waals surface area contributed by atoms with E-state index in [1.54, 1.807) is 7.11 Å². The van der Waals surface area contributed by atoms with Crippen molar-refractivity contribution in [3.8, 4) is 0 Å². The van der Waals surface area contributed by atoms with Gasteiger partial charge in [-0.2, -0.15) is 0 Å². The Labute approximate surface area is 116 Å². The lowest BCUT2D eigenvalue weighted by Crippen LogP contribution is -2.27. The molecule has 3 nitrogen and oxygen atoms in total. The highest BCUT2D eigenvalue weighted by Gasteiger charge is 2.20. The topological polar surface area (TPSA) is 38.7 Å². The van der Waals surface area contributed by atoms with Crippen molar-refractivity contribution in [2.24, 2.45) is 0 Å². The molecule has 0 aliphatic rings. The van der Waals surface area contributed by atoms with Crippen LogP contribution < -0.4 is 0 Å². The fourth-order valence-corrected chi connectivity index (χ4v) is 1.72. The lowest BCUT2D eigenvalue weighted by atomic mass is 10.0. The van der Waals surface area contributed by atoms with E-state index < -0.39 is 6.10 Å². The van der Waals surface area contributed by atoms with Gasteiger partial charge >= 0.3 is 0 Å². The maximum atomic E-state index is 10.2. The van der Waals surface area contributed by atoms with Gasteiger partial charge in [0.05, 0.1) is 11.7 Å². The fraction of sp³-hybridized carbons (Fsp3) is 0.625. The SMILES string of the molecule is COC(C)(C)CCOC(C)C(O)c1ccc(C)cc1. The quantitative estimate of drug-likeness (QED) is 0.823. The summed E-state index contributed by atoms with van der Waals surface area (Å²) in [4.78, 5) is 0. The Hall–Kier alpha value is -0.900. The van der Waals surface area contributed by atoms with Crippen LogP contribution in [0.25, 0.3) is 0 Å². The average molecular weight is 266 g/mol. The fourth-order valence-electron chi connectivity index (χ4n) is 1.72. The number of aliphatic hydroxyl groups excluding tert-OH is 1. The van der Waals surface area contributed by atoms with Crippen LogP contribution in [-0.4, -0.2) is 30.5 Å². The van der Waals surface area contributed by atoms with Crippen LogP contribution in [0.15, 0.2) is 24.3 Å². The van der Waals surface area contributed by atoms with Crippen molar-refractivity contribution >= 4 is 0 Å². The average Bonchev–Trinajstić information content (AvgIpc) is 2.38. The summed E-state index contributed by atoms with van der Waals surface area (Å²) in [6.45, 7) is 8.55. The van der Waals surface area contributed by atoms with Gasteiger partial charge in [-0.25, -0.2) is 0 Å². The van der Waals surface area contributed by atoms with Crippen molar-refractivity contribution in [3.05, 3.63) is 35.4 Å². The van der Waals surface area contributed by atoms with E-state index in [9.17, 15) is 5.11 Å². The number of rotatable bonds is 7. The molecule has 0 amide bonds. The molecule has 0 saturated heterocycles. The van der Waals surface area contributed by atoms with Crippen LogP contribution in [-0.2, 0) is 9.47 Å². The van der Waals surface area contributed by atoms with Crippen LogP contribution in [0.1, 0.15) is 44.4 Å². The molecule has 0 spiro atoms. The molecular weight excluding hydrogens is 240 g/mol. The maximum absolute atomic E-state index is 10.2. The van der Waals surface area contributed by atoms with Crippen LogP contribution in [0.2, 0.25) is 0 Å². The Morgan fingerprint density at radius 1 is 1.21 bits per heavy atom. The Balaban J connectivity index is 2.45. The normalized spacial score (nSPS) is 15.3. The second-order valence-electron chi connectivity index (χ2n) is 5.65. The number of aryl methyl sites for hydroxylation is 1. The van der Waals surface area contributed by atoms with Gasteiger partial charge < -0.3 is 14.6 Å². The zero-order chi connectivity index (χ0) is 14.5. The molecule has 0 saturated carbocycles. The highest BCUT2D eigenvalue weighted by Crippen LogP contribution is 2.21. The minimum atomic E-state index is -0.591. The molecule has 2 unspecified atom stereocenters. The third kappa shape index (κ3) is 5.31. The first-order chi connectivity index (χ1) is 8.85. The standard InChI is InChI=1S/C16H26O3/c1-12-6-8-14(9-7-12)15(17)13(2)19-11-10-16(3,4)18-5/h6-9,13,15,17H,10-11H2,1-5H3. The van der Waals surface area contributed by atoms with Crippen LogP contribution in [0.4, 0.5) is 0 Å². The van der Waals surface area contributed by atoms with Gasteiger partial charge in [0.2, 0.25) is 0 Å². The van der Waals surface area contributed by atoms with Crippen LogP contribution in [0, 0.1) is 6.92 Å². The van der Waals surface area contributed by atoms with Gasteiger partial charge in [-0.1, -0.05) is 29.8 Å². The Kier molecular flexibility index (Phi) is 5.98. The molecular formula is C16H26O3. The third-order valence-corrected chi connectivity index (χ3v) is 3.50. The largest absolute Gasteiger partial charge is 0.386 e. The van der Waals surface area contributed by atoms with Gasteiger partial charge in [0.1, 0.15) is 6.10 Å². The van der Waals surface area contributed by atoms with E-state index in [2.05, 4.69) is 0 Å². The van der Waals surface area contributed by atoms with Crippen molar-refractivity contribution in [3.63, 3.8) is 0 Å². The monoisotopic (exact) mass is 266 g/mol. The molecule has 1 aromatic rings. The summed E-state index contributed by atoms with van der Waals surface area (Å²) in [6, 6.07) is 7.89. The zero-order valence-corrected chi connectivity index (χ0v) is 12.6. The first kappa shape index (κ1) is 16.2. The number of methoxy groups -OCH3 is 1. The number of hydrogen-bond donors (Lipinski definition) is 1. The van der Waals surface area contributed by atoms with Crippen LogP contribution in [0.5, 0.6) is 0 Å². The van der Waals surface area contributed by atoms with E-state index in [1.807, 2.05) is 52.0 Å². The molecule has 0 aliphatic carbocycles. The summed E-state index contributed by atoms with van der Waals surface area (Å²) in [5.41, 5.74) is 1.89. The van der Waals surface area contributed by atoms with E-state index in [0.717, 1.165) is 12.0 Å². The summed E-state index contributed by atoms with van der Waals surface area (Å²) in [5, 5.41) is 10.2. The highest BCUT2D eigenvalue weighted by molar-refractivity contribution is 5.23. The Bertz CT molecular complexity index is 370. The van der Waals surface area contributed by atoms with Crippen LogP contribution in [0.3, 0.4) is 0 Å². The third-order valence-electron chi connectivity index (χ3n) is 3.50. The molecule has 0 heterocycles. The summed E-state index contributed by atoms with van der Waals surface area (Å²) >= 11 is 0. The molecule has 0 radical (unpaired) electrons. The molecule has 1 N–H and O–H groups in total. The second-order valence-corrected chi connectivity index (χ2v) is 5.65. The van der Waals surface area contributed by atoms with Crippen molar-refractivity contribution < 1.29 is 14.6 Å². The molecule has 19 heavy (non-hydrogen) atoms. The number of benzene rings is 1. The Morgan fingerprint density at radius 2 is 1.79 bits per heavy atom. The first-order valence-corrected chi connectivity index (χ1v) is 6.77. The second kappa shape index (κ2) is 7.04. The van der Waals surface area contributed by atoms with Crippen molar-refractivity contribution in [2.45, 2.75) is 51.9 Å². The number of ether oxygens (including phenoxy) is 2. The Morgan fingerprint density at radius 3 is 2.32 bits per heavy atom. The van der Waals surface area contributed by atoms with E-state index in [0.29, 0.717) is 6.61 Å². The van der Waals surface area contributed by atoms with E-state index in [1.165, 1.54) is 5.56 Å². The molecule has 1 rings (SSSR count).